The van der Waals surface area contributed by atoms with Crippen molar-refractivity contribution in [3.63, 3.8) is 0 Å². The summed E-state index contributed by atoms with van der Waals surface area (Å²) < 4.78 is 1.43. The number of hydrogen-bond acceptors (Lipinski definition) is 6. The van der Waals surface area contributed by atoms with Crippen LogP contribution in [0.2, 0.25) is 0 Å². The highest BCUT2D eigenvalue weighted by Crippen LogP contribution is 2.31. The van der Waals surface area contributed by atoms with E-state index in [0.717, 1.165) is 25.0 Å². The molecule has 6 nitrogen and oxygen atoms in total. The van der Waals surface area contributed by atoms with Crippen LogP contribution in [0.15, 0.2) is 11.1 Å². The van der Waals surface area contributed by atoms with Gasteiger partial charge in [0.1, 0.15) is 4.83 Å². The lowest BCUT2D eigenvalue weighted by Gasteiger charge is -2.06. The zero-order chi connectivity index (χ0) is 16.8. The molecule has 0 fully saturated rings. The molecule has 1 aliphatic carbocycles. The second kappa shape index (κ2) is 5.78. The predicted octanol–water partition coefficient (Wildman–Crippen LogP) is 2.89. The van der Waals surface area contributed by atoms with Crippen LogP contribution < -0.4 is 10.9 Å². The van der Waals surface area contributed by atoms with Crippen molar-refractivity contribution in [3.8, 4) is 0 Å². The van der Waals surface area contributed by atoms with E-state index in [4.69, 9.17) is 0 Å². The number of carbonyl (C=O) groups is 1. The topological polar surface area (TPSA) is 76.9 Å². The number of nitrogens with zero attached hydrogens (tertiary/aromatic N) is 3. The highest BCUT2D eigenvalue weighted by Gasteiger charge is 2.21. The second-order valence-corrected chi connectivity index (χ2v) is 8.03. The molecule has 124 valence electrons. The van der Waals surface area contributed by atoms with Gasteiger partial charge in [0.15, 0.2) is 5.13 Å². The van der Waals surface area contributed by atoms with Crippen molar-refractivity contribution in [2.75, 3.05) is 5.32 Å². The molecule has 0 bridgehead atoms. The van der Waals surface area contributed by atoms with Gasteiger partial charge in [0.2, 0.25) is 0 Å². The van der Waals surface area contributed by atoms with Gasteiger partial charge in [-0.3, -0.25) is 14.9 Å². The summed E-state index contributed by atoms with van der Waals surface area (Å²) in [4.78, 5) is 36.1. The third kappa shape index (κ3) is 2.46. The van der Waals surface area contributed by atoms with E-state index in [1.807, 2.05) is 0 Å². The SMILES string of the molecule is Cc1c(C(=O)Nc2nc3c(s2)CCCC3)sc2ncn(C)c(=O)c12. The van der Waals surface area contributed by atoms with Crippen LogP contribution in [0.5, 0.6) is 0 Å². The zero-order valence-corrected chi connectivity index (χ0v) is 15.0. The largest absolute Gasteiger partial charge is 0.302 e. The molecule has 0 aliphatic heterocycles. The summed E-state index contributed by atoms with van der Waals surface area (Å²) in [5.74, 6) is -0.219. The molecule has 0 spiro atoms. The Labute approximate surface area is 146 Å². The number of nitrogens with one attached hydrogen (secondary N) is 1. The lowest BCUT2D eigenvalue weighted by Crippen LogP contribution is -2.17. The van der Waals surface area contributed by atoms with Crippen molar-refractivity contribution in [1.29, 1.82) is 0 Å². The highest BCUT2D eigenvalue weighted by molar-refractivity contribution is 7.21. The number of amides is 1. The van der Waals surface area contributed by atoms with Crippen LogP contribution in [-0.2, 0) is 19.9 Å². The molecule has 1 amide bonds. The van der Waals surface area contributed by atoms with E-state index in [-0.39, 0.29) is 11.5 Å². The first kappa shape index (κ1) is 15.5. The number of rotatable bonds is 2. The first-order valence-electron chi connectivity index (χ1n) is 7.79. The smallest absolute Gasteiger partial charge is 0.267 e. The Morgan fingerprint density at radius 1 is 1.29 bits per heavy atom. The fourth-order valence-corrected chi connectivity index (χ4v) is 5.06. The fourth-order valence-electron chi connectivity index (χ4n) is 2.98. The molecule has 4 rings (SSSR count). The minimum Gasteiger partial charge on any atom is -0.302 e. The Hall–Kier alpha value is -2.06. The lowest BCUT2D eigenvalue weighted by molar-refractivity contribution is 0.103. The van der Waals surface area contributed by atoms with Crippen molar-refractivity contribution < 1.29 is 4.79 Å². The van der Waals surface area contributed by atoms with Gasteiger partial charge < -0.3 is 4.57 Å². The van der Waals surface area contributed by atoms with Crippen LogP contribution in [0, 0.1) is 6.92 Å². The molecule has 0 unspecified atom stereocenters. The number of thiophene rings is 1. The van der Waals surface area contributed by atoms with E-state index < -0.39 is 0 Å². The summed E-state index contributed by atoms with van der Waals surface area (Å²) in [6, 6.07) is 0. The summed E-state index contributed by atoms with van der Waals surface area (Å²) in [5, 5.41) is 4.06. The number of carbonyl (C=O) groups excluding carboxylic acids is 1. The van der Waals surface area contributed by atoms with Gasteiger partial charge in [-0.1, -0.05) is 0 Å². The Morgan fingerprint density at radius 3 is 2.88 bits per heavy atom. The van der Waals surface area contributed by atoms with Gasteiger partial charge >= 0.3 is 0 Å². The standard InChI is InChI=1S/C16H16N4O2S2/c1-8-11-14(17-7-20(2)15(11)22)24-12(8)13(21)19-16-18-9-5-3-4-6-10(9)23-16/h7H,3-6H2,1-2H3,(H,18,19,21). The molecule has 3 aromatic rings. The normalized spacial score (nSPS) is 13.9. The van der Waals surface area contributed by atoms with Crippen molar-refractivity contribution in [2.45, 2.75) is 32.6 Å². The number of aryl methyl sites for hydroxylation is 4. The molecule has 8 heteroatoms. The van der Waals surface area contributed by atoms with Crippen LogP contribution in [0.1, 0.15) is 38.6 Å². The molecule has 0 aromatic carbocycles. The monoisotopic (exact) mass is 360 g/mol. The number of hydrogen-bond donors (Lipinski definition) is 1. The molecular weight excluding hydrogens is 344 g/mol. The summed E-state index contributed by atoms with van der Waals surface area (Å²) >= 11 is 2.81. The van der Waals surface area contributed by atoms with Gasteiger partial charge in [0.25, 0.3) is 11.5 Å². The van der Waals surface area contributed by atoms with Crippen LogP contribution >= 0.6 is 22.7 Å². The van der Waals surface area contributed by atoms with Crippen LogP contribution in [0.25, 0.3) is 10.2 Å². The predicted molar refractivity (Wildman–Crippen MR) is 96.3 cm³/mol. The minimum absolute atomic E-state index is 0.127. The Bertz CT molecular complexity index is 992. The Balaban J connectivity index is 1.68. The van der Waals surface area contributed by atoms with Gasteiger partial charge in [-0.2, -0.15) is 0 Å². The number of fused-ring (bicyclic) bond motifs is 2. The van der Waals surface area contributed by atoms with Crippen LogP contribution in [0.3, 0.4) is 0 Å². The molecule has 0 atom stereocenters. The average molecular weight is 360 g/mol. The van der Waals surface area contributed by atoms with Gasteiger partial charge in [0.05, 0.1) is 22.3 Å². The maximum Gasteiger partial charge on any atom is 0.267 e. The fraction of sp³-hybridized carbons (Fsp3) is 0.375. The summed E-state index contributed by atoms with van der Waals surface area (Å²) in [6.45, 7) is 1.80. The van der Waals surface area contributed by atoms with Gasteiger partial charge in [-0.15, -0.1) is 22.7 Å². The summed E-state index contributed by atoms with van der Waals surface area (Å²) in [5.41, 5.74) is 1.67. The first-order valence-corrected chi connectivity index (χ1v) is 9.42. The molecule has 1 N–H and O–H groups in total. The quantitative estimate of drug-likeness (QED) is 0.762. The van der Waals surface area contributed by atoms with Crippen LogP contribution in [-0.4, -0.2) is 20.4 Å². The molecule has 3 aromatic heterocycles. The highest BCUT2D eigenvalue weighted by atomic mass is 32.1. The third-order valence-corrected chi connectivity index (χ3v) is 6.55. The van der Waals surface area contributed by atoms with Gasteiger partial charge in [0, 0.05) is 11.9 Å². The molecule has 0 saturated heterocycles. The van der Waals surface area contributed by atoms with E-state index in [1.54, 1.807) is 25.3 Å². The maximum absolute atomic E-state index is 12.6. The zero-order valence-electron chi connectivity index (χ0n) is 13.4. The average Bonchev–Trinajstić information content (AvgIpc) is 3.11. The van der Waals surface area contributed by atoms with Gasteiger partial charge in [-0.05, 0) is 38.2 Å². The molecule has 1 aliphatic rings. The summed E-state index contributed by atoms with van der Waals surface area (Å²) in [7, 11) is 1.66. The van der Waals surface area contributed by atoms with E-state index >= 15 is 0 Å². The van der Waals surface area contributed by atoms with E-state index in [1.165, 1.54) is 33.5 Å². The second-order valence-electron chi connectivity index (χ2n) is 5.95. The van der Waals surface area contributed by atoms with E-state index in [0.29, 0.717) is 25.8 Å². The maximum atomic E-state index is 12.6. The van der Waals surface area contributed by atoms with Crippen molar-refractivity contribution >= 4 is 43.9 Å². The number of thiazole rings is 1. The molecule has 0 radical (unpaired) electrons. The number of anilines is 1. The van der Waals surface area contributed by atoms with E-state index in [9.17, 15) is 9.59 Å². The molecule has 24 heavy (non-hydrogen) atoms. The van der Waals surface area contributed by atoms with Crippen molar-refractivity contribution in [3.05, 3.63) is 37.7 Å². The van der Waals surface area contributed by atoms with Crippen LogP contribution in [0.4, 0.5) is 5.13 Å². The molecule has 0 saturated carbocycles. The van der Waals surface area contributed by atoms with Crippen molar-refractivity contribution in [2.24, 2.45) is 7.05 Å². The first-order chi connectivity index (χ1) is 11.5. The third-order valence-electron chi connectivity index (χ3n) is 4.28. The Morgan fingerprint density at radius 2 is 2.08 bits per heavy atom. The van der Waals surface area contributed by atoms with Crippen molar-refractivity contribution in [1.82, 2.24) is 14.5 Å². The molecule has 3 heterocycles. The lowest BCUT2D eigenvalue weighted by atomic mass is 10.0. The van der Waals surface area contributed by atoms with Gasteiger partial charge in [-0.25, -0.2) is 9.97 Å². The minimum atomic E-state index is -0.219. The summed E-state index contributed by atoms with van der Waals surface area (Å²) in [6.07, 6.45) is 5.87. The Kier molecular flexibility index (Phi) is 3.73. The molecular formula is C16H16N4O2S2. The van der Waals surface area contributed by atoms with E-state index in [2.05, 4.69) is 15.3 Å². The number of aromatic nitrogens is 3.